The Morgan fingerprint density at radius 3 is 2.72 bits per heavy atom. The fourth-order valence-corrected chi connectivity index (χ4v) is 3.22. The zero-order chi connectivity index (χ0) is 12.5. The van der Waals surface area contributed by atoms with Crippen molar-refractivity contribution in [2.24, 2.45) is 12.8 Å². The van der Waals surface area contributed by atoms with Gasteiger partial charge in [0.25, 0.3) is 0 Å². The van der Waals surface area contributed by atoms with Gasteiger partial charge in [0, 0.05) is 63.7 Å². The number of nitrogens with zero attached hydrogens (tertiary/aromatic N) is 4. The Bertz CT molecular complexity index is 394. The summed E-state index contributed by atoms with van der Waals surface area (Å²) < 4.78 is 1.95. The first-order chi connectivity index (χ1) is 8.74. The minimum Gasteiger partial charge on any atom is -0.326 e. The number of piperazine rings is 3. The van der Waals surface area contributed by atoms with Crippen LogP contribution in [0.3, 0.4) is 0 Å². The van der Waals surface area contributed by atoms with Gasteiger partial charge < -0.3 is 5.73 Å². The summed E-state index contributed by atoms with van der Waals surface area (Å²) in [5.74, 6) is 0. The smallest absolute Gasteiger partial charge is 0.0492 e. The van der Waals surface area contributed by atoms with Crippen LogP contribution in [0.1, 0.15) is 12.1 Å². The molecule has 0 radical (unpaired) electrons. The minimum absolute atomic E-state index is 0.281. The molecule has 2 N–H and O–H groups in total. The van der Waals surface area contributed by atoms with Crippen molar-refractivity contribution in [1.29, 1.82) is 0 Å². The van der Waals surface area contributed by atoms with E-state index in [-0.39, 0.29) is 6.04 Å². The van der Waals surface area contributed by atoms with Gasteiger partial charge in [-0.25, -0.2) is 0 Å². The highest BCUT2D eigenvalue weighted by Gasteiger charge is 2.34. The van der Waals surface area contributed by atoms with Gasteiger partial charge in [-0.1, -0.05) is 0 Å². The predicted octanol–water partition coefficient (Wildman–Crippen LogP) is -0.320. The lowest BCUT2D eigenvalue weighted by Gasteiger charge is -2.49. The number of aryl methyl sites for hydroxylation is 2. The van der Waals surface area contributed by atoms with E-state index in [2.05, 4.69) is 21.0 Å². The SMILES string of the molecule is Cn1nccc1CCC(N)C1CN2CCN1CC2. The molecule has 3 saturated heterocycles. The number of fused-ring (bicyclic) bond motifs is 3. The van der Waals surface area contributed by atoms with Gasteiger partial charge in [0.1, 0.15) is 0 Å². The monoisotopic (exact) mass is 249 g/mol. The Hall–Kier alpha value is -0.910. The largest absolute Gasteiger partial charge is 0.326 e. The molecule has 0 aromatic carbocycles. The fourth-order valence-electron chi connectivity index (χ4n) is 3.22. The molecule has 0 spiro atoms. The van der Waals surface area contributed by atoms with Crippen LogP contribution in [0.4, 0.5) is 0 Å². The van der Waals surface area contributed by atoms with E-state index in [4.69, 9.17) is 5.73 Å². The number of rotatable bonds is 4. The molecule has 2 bridgehead atoms. The van der Waals surface area contributed by atoms with Gasteiger partial charge in [-0.3, -0.25) is 14.5 Å². The highest BCUT2D eigenvalue weighted by molar-refractivity contribution is 5.02. The predicted molar refractivity (Wildman–Crippen MR) is 71.3 cm³/mol. The molecule has 2 atom stereocenters. The van der Waals surface area contributed by atoms with E-state index in [1.807, 2.05) is 17.9 Å². The third-order valence-electron chi connectivity index (χ3n) is 4.47. The fraction of sp³-hybridized carbons (Fsp3) is 0.769. The van der Waals surface area contributed by atoms with Crippen LogP contribution in [0.2, 0.25) is 0 Å². The number of hydrogen-bond acceptors (Lipinski definition) is 4. The summed E-state index contributed by atoms with van der Waals surface area (Å²) in [4.78, 5) is 5.13. The summed E-state index contributed by atoms with van der Waals surface area (Å²) in [5, 5.41) is 4.20. The Morgan fingerprint density at radius 2 is 2.17 bits per heavy atom. The number of hydrogen-bond donors (Lipinski definition) is 1. The first-order valence-electron chi connectivity index (χ1n) is 6.93. The van der Waals surface area contributed by atoms with Crippen molar-refractivity contribution in [2.75, 3.05) is 32.7 Å². The van der Waals surface area contributed by atoms with Crippen molar-refractivity contribution >= 4 is 0 Å². The molecule has 1 aromatic rings. The average molecular weight is 249 g/mol. The third kappa shape index (κ3) is 2.30. The molecule has 0 amide bonds. The number of aromatic nitrogens is 2. The maximum Gasteiger partial charge on any atom is 0.0492 e. The summed E-state index contributed by atoms with van der Waals surface area (Å²) in [6.45, 7) is 6.01. The van der Waals surface area contributed by atoms with Gasteiger partial charge in [-0.05, 0) is 18.9 Å². The van der Waals surface area contributed by atoms with Gasteiger partial charge in [-0.2, -0.15) is 5.10 Å². The van der Waals surface area contributed by atoms with E-state index in [0.717, 1.165) is 19.4 Å². The lowest BCUT2D eigenvalue weighted by atomic mass is 9.96. The summed E-state index contributed by atoms with van der Waals surface area (Å²) in [6, 6.07) is 2.92. The second-order valence-corrected chi connectivity index (χ2v) is 5.55. The van der Waals surface area contributed by atoms with Crippen LogP contribution >= 0.6 is 0 Å². The first-order valence-corrected chi connectivity index (χ1v) is 6.93. The van der Waals surface area contributed by atoms with Crippen LogP contribution in [0.15, 0.2) is 12.3 Å². The van der Waals surface area contributed by atoms with Crippen LogP contribution in [0.25, 0.3) is 0 Å². The molecule has 5 heteroatoms. The molecule has 3 fully saturated rings. The molecule has 0 saturated carbocycles. The molecular formula is C13H23N5. The topological polar surface area (TPSA) is 50.3 Å². The Balaban J connectivity index is 1.55. The maximum atomic E-state index is 6.40. The lowest BCUT2D eigenvalue weighted by molar-refractivity contribution is 0.00143. The van der Waals surface area contributed by atoms with E-state index < -0.39 is 0 Å². The van der Waals surface area contributed by atoms with E-state index >= 15 is 0 Å². The van der Waals surface area contributed by atoms with E-state index in [1.165, 1.54) is 31.9 Å². The second kappa shape index (κ2) is 4.99. The summed E-state index contributed by atoms with van der Waals surface area (Å²) in [5.41, 5.74) is 7.68. The van der Waals surface area contributed by atoms with Crippen LogP contribution in [0, 0.1) is 0 Å². The van der Waals surface area contributed by atoms with Gasteiger partial charge in [-0.15, -0.1) is 0 Å². The van der Waals surface area contributed by atoms with Crippen molar-refractivity contribution in [3.8, 4) is 0 Å². The van der Waals surface area contributed by atoms with Crippen LogP contribution < -0.4 is 5.73 Å². The molecule has 4 rings (SSSR count). The lowest BCUT2D eigenvalue weighted by Crippen LogP contribution is -2.65. The zero-order valence-electron chi connectivity index (χ0n) is 11.1. The van der Waals surface area contributed by atoms with Crippen molar-refractivity contribution < 1.29 is 0 Å². The van der Waals surface area contributed by atoms with Crippen LogP contribution in [-0.2, 0) is 13.5 Å². The second-order valence-electron chi connectivity index (χ2n) is 5.55. The van der Waals surface area contributed by atoms with Crippen molar-refractivity contribution in [1.82, 2.24) is 19.6 Å². The van der Waals surface area contributed by atoms with E-state index in [0.29, 0.717) is 6.04 Å². The minimum atomic E-state index is 0.281. The molecule has 3 aliphatic rings. The van der Waals surface area contributed by atoms with E-state index in [9.17, 15) is 0 Å². The van der Waals surface area contributed by atoms with Crippen molar-refractivity contribution in [3.63, 3.8) is 0 Å². The Morgan fingerprint density at radius 1 is 1.39 bits per heavy atom. The van der Waals surface area contributed by atoms with Crippen molar-refractivity contribution in [3.05, 3.63) is 18.0 Å². The molecular weight excluding hydrogens is 226 g/mol. The molecule has 100 valence electrons. The van der Waals surface area contributed by atoms with E-state index in [1.54, 1.807) is 0 Å². The van der Waals surface area contributed by atoms with Gasteiger partial charge >= 0.3 is 0 Å². The maximum absolute atomic E-state index is 6.40. The highest BCUT2D eigenvalue weighted by Crippen LogP contribution is 2.19. The Kier molecular flexibility index (Phi) is 3.37. The standard InChI is InChI=1S/C13H23N5/c1-16-11(4-5-15-16)2-3-12(14)13-10-17-6-8-18(13)9-7-17/h4-5,12-13H,2-3,6-10,14H2,1H3. The van der Waals surface area contributed by atoms with Gasteiger partial charge in [0.2, 0.25) is 0 Å². The molecule has 3 aliphatic heterocycles. The summed E-state index contributed by atoms with van der Waals surface area (Å²) in [7, 11) is 2.00. The zero-order valence-corrected chi connectivity index (χ0v) is 11.1. The summed E-state index contributed by atoms with van der Waals surface area (Å²) in [6.07, 6.45) is 3.94. The van der Waals surface area contributed by atoms with Crippen LogP contribution in [-0.4, -0.2) is 64.4 Å². The van der Waals surface area contributed by atoms with Crippen LogP contribution in [0.5, 0.6) is 0 Å². The van der Waals surface area contributed by atoms with Gasteiger partial charge in [0.15, 0.2) is 0 Å². The molecule has 1 aromatic heterocycles. The molecule has 0 aliphatic carbocycles. The normalized spacial score (nSPS) is 32.7. The molecule has 18 heavy (non-hydrogen) atoms. The molecule has 2 unspecified atom stereocenters. The highest BCUT2D eigenvalue weighted by atomic mass is 15.3. The summed E-state index contributed by atoms with van der Waals surface area (Å²) >= 11 is 0. The third-order valence-corrected chi connectivity index (χ3v) is 4.47. The average Bonchev–Trinajstić information content (AvgIpc) is 2.83. The Labute approximate surface area is 109 Å². The number of nitrogens with two attached hydrogens (primary N) is 1. The van der Waals surface area contributed by atoms with Gasteiger partial charge in [0.05, 0.1) is 0 Å². The quantitative estimate of drug-likeness (QED) is 0.794. The van der Waals surface area contributed by atoms with Crippen molar-refractivity contribution in [2.45, 2.75) is 24.9 Å². The molecule has 5 nitrogen and oxygen atoms in total. The molecule has 4 heterocycles. The first kappa shape index (κ1) is 12.1.